The van der Waals surface area contributed by atoms with Crippen molar-refractivity contribution in [2.45, 2.75) is 32.7 Å². The second kappa shape index (κ2) is 10.9. The van der Waals surface area contributed by atoms with Gasteiger partial charge in [-0.2, -0.15) is 5.10 Å². The van der Waals surface area contributed by atoms with Crippen LogP contribution in [0.2, 0.25) is 5.02 Å². The zero-order valence-corrected chi connectivity index (χ0v) is 19.7. The molecule has 7 nitrogen and oxygen atoms in total. The molecule has 9 heteroatoms. The van der Waals surface area contributed by atoms with Crippen LogP contribution < -0.4 is 14.9 Å². The van der Waals surface area contributed by atoms with Crippen LogP contribution in [0.3, 0.4) is 0 Å². The molecular weight excluding hydrogens is 488 g/mol. The molecule has 0 aliphatic carbocycles. The predicted molar refractivity (Wildman–Crippen MR) is 122 cm³/mol. The Kier molecular flexibility index (Phi) is 8.31. The van der Waals surface area contributed by atoms with Gasteiger partial charge in [-0.05, 0) is 65.2 Å². The summed E-state index contributed by atoms with van der Waals surface area (Å²) in [5.41, 5.74) is 4.21. The van der Waals surface area contributed by atoms with E-state index < -0.39 is 5.79 Å². The molecule has 0 unspecified atom stereocenters. The molecule has 1 aliphatic rings. The summed E-state index contributed by atoms with van der Waals surface area (Å²) in [4.78, 5) is 12.1. The van der Waals surface area contributed by atoms with Crippen molar-refractivity contribution in [3.8, 4) is 11.5 Å². The molecule has 0 radical (unpaired) electrons. The third-order valence-corrected chi connectivity index (χ3v) is 5.25. The molecule has 3 rings (SSSR count). The van der Waals surface area contributed by atoms with Crippen LogP contribution in [0.5, 0.6) is 11.5 Å². The molecule has 0 saturated carbocycles. The monoisotopic (exact) mass is 510 g/mol. The standard InChI is InChI=1S/C22H24BrClN2O5/c1-3-28-19-11-16(13-25-26-20(27)12-22(2)30-8-9-31-22)10-18(23)21(19)29-14-15-4-6-17(24)7-5-15/h4-7,10-11,13H,3,8-9,12,14H2,1-2H3,(H,26,27)/b25-13-. The summed E-state index contributed by atoms with van der Waals surface area (Å²) in [6.07, 6.45) is 1.60. The van der Waals surface area contributed by atoms with Crippen LogP contribution in [-0.2, 0) is 20.9 Å². The second-order valence-corrected chi connectivity index (χ2v) is 8.27. The maximum atomic E-state index is 12.1. The second-order valence-electron chi connectivity index (χ2n) is 6.98. The van der Waals surface area contributed by atoms with E-state index in [-0.39, 0.29) is 12.3 Å². The van der Waals surface area contributed by atoms with E-state index in [4.69, 9.17) is 30.5 Å². The maximum absolute atomic E-state index is 12.1. The highest BCUT2D eigenvalue weighted by molar-refractivity contribution is 9.10. The zero-order chi connectivity index (χ0) is 22.3. The number of ether oxygens (including phenoxy) is 4. The molecule has 2 aromatic rings. The lowest BCUT2D eigenvalue weighted by Crippen LogP contribution is -2.33. The number of benzene rings is 2. The van der Waals surface area contributed by atoms with Crippen molar-refractivity contribution >= 4 is 39.7 Å². The lowest BCUT2D eigenvalue weighted by atomic mass is 10.2. The number of amides is 1. The fourth-order valence-corrected chi connectivity index (χ4v) is 3.67. The van der Waals surface area contributed by atoms with Crippen LogP contribution in [0.15, 0.2) is 46.0 Å². The van der Waals surface area contributed by atoms with E-state index in [1.165, 1.54) is 6.21 Å². The van der Waals surface area contributed by atoms with Gasteiger partial charge in [-0.15, -0.1) is 0 Å². The van der Waals surface area contributed by atoms with Crippen molar-refractivity contribution in [2.75, 3.05) is 19.8 Å². The normalized spacial score (nSPS) is 15.2. The quantitative estimate of drug-likeness (QED) is 0.391. The molecule has 0 aromatic heterocycles. The molecule has 1 fully saturated rings. The van der Waals surface area contributed by atoms with Crippen molar-refractivity contribution < 1.29 is 23.7 Å². The van der Waals surface area contributed by atoms with Gasteiger partial charge in [0.05, 0.1) is 36.9 Å². The van der Waals surface area contributed by atoms with E-state index in [2.05, 4.69) is 26.5 Å². The van der Waals surface area contributed by atoms with E-state index in [1.54, 1.807) is 13.0 Å². The molecule has 1 amide bonds. The highest BCUT2D eigenvalue weighted by Crippen LogP contribution is 2.37. The lowest BCUT2D eigenvalue weighted by Gasteiger charge is -2.20. The minimum atomic E-state index is -0.895. The fraction of sp³-hybridized carbons (Fsp3) is 0.364. The SMILES string of the molecule is CCOc1cc(/C=N\NC(=O)CC2(C)OCCO2)cc(Br)c1OCc1ccc(Cl)cc1. The summed E-state index contributed by atoms with van der Waals surface area (Å²) < 4.78 is 23.3. The number of hydrazone groups is 1. The van der Waals surface area contributed by atoms with Gasteiger partial charge in [0.2, 0.25) is 5.91 Å². The average Bonchev–Trinajstić information content (AvgIpc) is 3.14. The van der Waals surface area contributed by atoms with Gasteiger partial charge in [0.25, 0.3) is 0 Å². The first-order valence-corrected chi connectivity index (χ1v) is 11.0. The Morgan fingerprint density at radius 1 is 1.26 bits per heavy atom. The number of hydrogen-bond donors (Lipinski definition) is 1. The summed E-state index contributed by atoms with van der Waals surface area (Å²) in [5.74, 6) is -0.0404. The van der Waals surface area contributed by atoms with Crippen molar-refractivity contribution in [3.63, 3.8) is 0 Å². The number of nitrogens with zero attached hydrogens (tertiary/aromatic N) is 1. The van der Waals surface area contributed by atoms with Crippen molar-refractivity contribution in [1.82, 2.24) is 5.43 Å². The summed E-state index contributed by atoms with van der Waals surface area (Å²) in [7, 11) is 0. The molecule has 1 aliphatic heterocycles. The minimum Gasteiger partial charge on any atom is -0.490 e. The van der Waals surface area contributed by atoms with E-state index >= 15 is 0 Å². The molecule has 2 aromatic carbocycles. The average molecular weight is 512 g/mol. The Bertz CT molecular complexity index is 930. The molecule has 166 valence electrons. The van der Waals surface area contributed by atoms with Gasteiger partial charge in [-0.25, -0.2) is 5.43 Å². The molecule has 31 heavy (non-hydrogen) atoms. The number of rotatable bonds is 9. The van der Waals surface area contributed by atoms with Crippen LogP contribution >= 0.6 is 27.5 Å². The van der Waals surface area contributed by atoms with E-state index in [1.807, 2.05) is 37.3 Å². The lowest BCUT2D eigenvalue weighted by molar-refractivity contribution is -0.159. The van der Waals surface area contributed by atoms with Crippen LogP contribution in [0.1, 0.15) is 31.4 Å². The van der Waals surface area contributed by atoms with Crippen LogP contribution in [0, 0.1) is 0 Å². The predicted octanol–water partition coefficient (Wildman–Crippen LogP) is 4.68. The van der Waals surface area contributed by atoms with Crippen LogP contribution in [0.25, 0.3) is 0 Å². The number of carbonyl (C=O) groups is 1. The number of nitrogens with one attached hydrogen (secondary N) is 1. The number of carbonyl (C=O) groups excluding carboxylic acids is 1. The van der Waals surface area contributed by atoms with Gasteiger partial charge in [-0.3, -0.25) is 4.79 Å². The smallest absolute Gasteiger partial charge is 0.245 e. The van der Waals surface area contributed by atoms with Gasteiger partial charge < -0.3 is 18.9 Å². The van der Waals surface area contributed by atoms with Gasteiger partial charge >= 0.3 is 0 Å². The molecule has 1 saturated heterocycles. The Hall–Kier alpha value is -2.13. The first-order chi connectivity index (χ1) is 14.9. The van der Waals surface area contributed by atoms with Gasteiger partial charge in [-0.1, -0.05) is 23.7 Å². The first kappa shape index (κ1) is 23.5. The third-order valence-electron chi connectivity index (χ3n) is 4.41. The van der Waals surface area contributed by atoms with Gasteiger partial charge in [0, 0.05) is 5.02 Å². The summed E-state index contributed by atoms with van der Waals surface area (Å²) >= 11 is 9.46. The van der Waals surface area contributed by atoms with E-state index in [0.717, 1.165) is 11.1 Å². The Balaban J connectivity index is 1.65. The Morgan fingerprint density at radius 3 is 2.65 bits per heavy atom. The Morgan fingerprint density at radius 2 is 1.97 bits per heavy atom. The largest absolute Gasteiger partial charge is 0.490 e. The maximum Gasteiger partial charge on any atom is 0.245 e. The minimum absolute atomic E-state index is 0.0652. The Labute approximate surface area is 194 Å². The van der Waals surface area contributed by atoms with Crippen molar-refractivity contribution in [3.05, 3.63) is 57.0 Å². The summed E-state index contributed by atoms with van der Waals surface area (Å²) in [6.45, 7) is 5.42. The molecule has 1 heterocycles. The topological polar surface area (TPSA) is 78.4 Å². The first-order valence-electron chi connectivity index (χ1n) is 9.82. The molecular formula is C22H24BrClN2O5. The van der Waals surface area contributed by atoms with E-state index in [0.29, 0.717) is 47.4 Å². The highest BCUT2D eigenvalue weighted by atomic mass is 79.9. The van der Waals surface area contributed by atoms with Crippen LogP contribution in [0.4, 0.5) is 0 Å². The van der Waals surface area contributed by atoms with Crippen LogP contribution in [-0.4, -0.2) is 37.7 Å². The fourth-order valence-electron chi connectivity index (χ4n) is 2.97. The zero-order valence-electron chi connectivity index (χ0n) is 17.3. The molecule has 0 spiro atoms. The van der Waals surface area contributed by atoms with Gasteiger partial charge in [0.1, 0.15) is 6.61 Å². The molecule has 0 bridgehead atoms. The molecule has 1 N–H and O–H groups in total. The highest BCUT2D eigenvalue weighted by Gasteiger charge is 2.33. The van der Waals surface area contributed by atoms with E-state index in [9.17, 15) is 4.79 Å². The number of halogens is 2. The number of hydrogen-bond acceptors (Lipinski definition) is 6. The summed E-state index contributed by atoms with van der Waals surface area (Å²) in [5, 5.41) is 4.70. The summed E-state index contributed by atoms with van der Waals surface area (Å²) in [6, 6.07) is 11.1. The van der Waals surface area contributed by atoms with Crippen molar-refractivity contribution in [2.24, 2.45) is 5.10 Å². The third kappa shape index (κ3) is 6.93. The van der Waals surface area contributed by atoms with Crippen molar-refractivity contribution in [1.29, 1.82) is 0 Å². The molecule has 0 atom stereocenters. The van der Waals surface area contributed by atoms with Gasteiger partial charge in [0.15, 0.2) is 17.3 Å².